The second kappa shape index (κ2) is 9.98. The maximum absolute atomic E-state index is 13.7. The van der Waals surface area contributed by atoms with Crippen molar-refractivity contribution in [1.29, 1.82) is 0 Å². The van der Waals surface area contributed by atoms with E-state index in [0.717, 1.165) is 49.7 Å². The van der Waals surface area contributed by atoms with Crippen LogP contribution in [0.25, 0.3) is 16.9 Å². The molecule has 1 aliphatic heterocycles. The van der Waals surface area contributed by atoms with Gasteiger partial charge in [-0.05, 0) is 48.5 Å². The standard InChI is InChI=1S/C25H26FN7O/c26-20-4-1-3-19(17-20)22-5-2-6-23-30-25(31-33(22)23)29-21-9-7-18(8-10-21)24(34)28-13-16-32-14-11-27-12-15-32/h1-10,17,27H,11-16H2,(H,28,34)(H,29,31). The Kier molecular flexibility index (Phi) is 6.46. The van der Waals surface area contributed by atoms with Crippen LogP contribution in [-0.2, 0) is 0 Å². The zero-order valence-corrected chi connectivity index (χ0v) is 18.7. The number of carbonyl (C=O) groups excluding carboxylic acids is 1. The number of hydrogen-bond acceptors (Lipinski definition) is 6. The van der Waals surface area contributed by atoms with Gasteiger partial charge >= 0.3 is 0 Å². The fraction of sp³-hybridized carbons (Fsp3) is 0.240. The molecule has 0 radical (unpaired) electrons. The number of nitrogens with one attached hydrogen (secondary N) is 3. The second-order valence-corrected chi connectivity index (χ2v) is 8.18. The lowest BCUT2D eigenvalue weighted by atomic mass is 10.1. The molecule has 1 saturated heterocycles. The molecule has 2 aromatic carbocycles. The Labute approximate surface area is 196 Å². The average Bonchev–Trinajstić information content (AvgIpc) is 3.27. The van der Waals surface area contributed by atoms with E-state index < -0.39 is 0 Å². The number of hydrogen-bond donors (Lipinski definition) is 3. The summed E-state index contributed by atoms with van der Waals surface area (Å²) >= 11 is 0. The van der Waals surface area contributed by atoms with E-state index in [2.05, 4.69) is 30.9 Å². The maximum Gasteiger partial charge on any atom is 0.251 e. The number of benzene rings is 2. The van der Waals surface area contributed by atoms with Crippen molar-refractivity contribution >= 4 is 23.2 Å². The van der Waals surface area contributed by atoms with Gasteiger partial charge in [-0.2, -0.15) is 4.98 Å². The molecule has 34 heavy (non-hydrogen) atoms. The molecular formula is C25H26FN7O. The number of rotatable bonds is 7. The molecule has 9 heteroatoms. The summed E-state index contributed by atoms with van der Waals surface area (Å²) in [6.07, 6.45) is 0. The molecule has 1 fully saturated rings. The van der Waals surface area contributed by atoms with Crippen LogP contribution in [0.3, 0.4) is 0 Å². The van der Waals surface area contributed by atoms with Crippen LogP contribution in [0, 0.1) is 5.82 Å². The third-order valence-corrected chi connectivity index (χ3v) is 5.81. The van der Waals surface area contributed by atoms with E-state index in [-0.39, 0.29) is 11.7 Å². The van der Waals surface area contributed by atoms with Crippen LogP contribution in [0.4, 0.5) is 16.0 Å². The number of halogens is 1. The first-order valence-corrected chi connectivity index (χ1v) is 11.4. The SMILES string of the molecule is O=C(NCCN1CCNCC1)c1ccc(Nc2nc3cccc(-c4cccc(F)c4)n3n2)cc1. The average molecular weight is 460 g/mol. The van der Waals surface area contributed by atoms with Gasteiger partial charge in [-0.1, -0.05) is 18.2 Å². The normalized spacial score (nSPS) is 14.3. The highest BCUT2D eigenvalue weighted by molar-refractivity contribution is 5.94. The van der Waals surface area contributed by atoms with E-state index in [9.17, 15) is 9.18 Å². The van der Waals surface area contributed by atoms with Crippen molar-refractivity contribution in [2.45, 2.75) is 0 Å². The van der Waals surface area contributed by atoms with Gasteiger partial charge in [-0.15, -0.1) is 5.10 Å². The van der Waals surface area contributed by atoms with Gasteiger partial charge in [0, 0.05) is 56.1 Å². The van der Waals surface area contributed by atoms with E-state index in [1.54, 1.807) is 22.7 Å². The Morgan fingerprint density at radius 3 is 2.62 bits per heavy atom. The number of pyridine rings is 1. The van der Waals surface area contributed by atoms with Crippen molar-refractivity contribution in [2.75, 3.05) is 44.6 Å². The Bertz CT molecular complexity index is 1280. The second-order valence-electron chi connectivity index (χ2n) is 8.18. The number of anilines is 2. The van der Waals surface area contributed by atoms with E-state index in [1.165, 1.54) is 12.1 Å². The van der Waals surface area contributed by atoms with Crippen LogP contribution in [0.2, 0.25) is 0 Å². The number of nitrogens with zero attached hydrogens (tertiary/aromatic N) is 4. The van der Waals surface area contributed by atoms with Crippen molar-refractivity contribution in [1.82, 2.24) is 30.1 Å². The van der Waals surface area contributed by atoms with Gasteiger partial charge in [-0.25, -0.2) is 8.91 Å². The number of carbonyl (C=O) groups is 1. The topological polar surface area (TPSA) is 86.6 Å². The number of amides is 1. The summed E-state index contributed by atoms with van der Waals surface area (Å²) in [5.41, 5.74) is 3.47. The van der Waals surface area contributed by atoms with Gasteiger partial charge in [0.1, 0.15) is 5.82 Å². The summed E-state index contributed by atoms with van der Waals surface area (Å²) in [7, 11) is 0. The highest BCUT2D eigenvalue weighted by Gasteiger charge is 2.12. The molecule has 4 aromatic rings. The van der Waals surface area contributed by atoms with Crippen LogP contribution in [0.1, 0.15) is 10.4 Å². The van der Waals surface area contributed by atoms with Crippen LogP contribution >= 0.6 is 0 Å². The first kappa shape index (κ1) is 22.0. The van der Waals surface area contributed by atoms with E-state index >= 15 is 0 Å². The first-order valence-electron chi connectivity index (χ1n) is 11.4. The number of aromatic nitrogens is 3. The summed E-state index contributed by atoms with van der Waals surface area (Å²) in [6, 6.07) is 19.2. The minimum Gasteiger partial charge on any atom is -0.351 e. The van der Waals surface area contributed by atoms with Crippen molar-refractivity contribution in [2.24, 2.45) is 0 Å². The van der Waals surface area contributed by atoms with Crippen LogP contribution in [0.15, 0.2) is 66.7 Å². The Morgan fingerprint density at radius 1 is 1.03 bits per heavy atom. The van der Waals surface area contributed by atoms with Gasteiger partial charge < -0.3 is 16.0 Å². The fourth-order valence-electron chi connectivity index (χ4n) is 4.02. The molecule has 0 aliphatic carbocycles. The highest BCUT2D eigenvalue weighted by atomic mass is 19.1. The third kappa shape index (κ3) is 5.05. The van der Waals surface area contributed by atoms with Gasteiger partial charge in [0.25, 0.3) is 5.91 Å². The predicted octanol–water partition coefficient (Wildman–Crippen LogP) is 2.91. The third-order valence-electron chi connectivity index (χ3n) is 5.81. The number of fused-ring (bicyclic) bond motifs is 1. The molecule has 0 saturated carbocycles. The smallest absolute Gasteiger partial charge is 0.251 e. The summed E-state index contributed by atoms with van der Waals surface area (Å²) in [6.45, 7) is 5.49. The molecule has 5 rings (SSSR count). The molecule has 0 bridgehead atoms. The predicted molar refractivity (Wildman–Crippen MR) is 130 cm³/mol. The maximum atomic E-state index is 13.7. The van der Waals surface area contributed by atoms with Gasteiger partial charge in [-0.3, -0.25) is 9.69 Å². The molecule has 0 atom stereocenters. The summed E-state index contributed by atoms with van der Waals surface area (Å²) < 4.78 is 15.4. The molecule has 8 nitrogen and oxygen atoms in total. The van der Waals surface area contributed by atoms with Crippen molar-refractivity contribution in [3.8, 4) is 11.3 Å². The fourth-order valence-corrected chi connectivity index (χ4v) is 4.02. The quantitative estimate of drug-likeness (QED) is 0.394. The van der Waals surface area contributed by atoms with E-state index in [0.29, 0.717) is 23.7 Å². The number of piperazine rings is 1. The molecule has 1 amide bonds. The van der Waals surface area contributed by atoms with Crippen molar-refractivity contribution in [3.05, 3.63) is 78.1 Å². The lowest BCUT2D eigenvalue weighted by molar-refractivity contribution is 0.0947. The minimum absolute atomic E-state index is 0.0905. The monoisotopic (exact) mass is 459 g/mol. The lowest BCUT2D eigenvalue weighted by Crippen LogP contribution is -2.46. The van der Waals surface area contributed by atoms with E-state index in [1.807, 2.05) is 36.4 Å². The van der Waals surface area contributed by atoms with E-state index in [4.69, 9.17) is 0 Å². The summed E-state index contributed by atoms with van der Waals surface area (Å²) in [4.78, 5) is 19.3. The zero-order chi connectivity index (χ0) is 23.3. The van der Waals surface area contributed by atoms with Crippen molar-refractivity contribution < 1.29 is 9.18 Å². The summed E-state index contributed by atoms with van der Waals surface area (Å²) in [5.74, 6) is 0.0187. The molecule has 0 spiro atoms. The molecule has 3 N–H and O–H groups in total. The Hall–Kier alpha value is -3.82. The molecule has 3 heterocycles. The Balaban J connectivity index is 1.23. The lowest BCUT2D eigenvalue weighted by Gasteiger charge is -2.27. The summed E-state index contributed by atoms with van der Waals surface area (Å²) in [5, 5.41) is 14.0. The van der Waals surface area contributed by atoms with Crippen LogP contribution < -0.4 is 16.0 Å². The highest BCUT2D eigenvalue weighted by Crippen LogP contribution is 2.22. The minimum atomic E-state index is -0.305. The molecule has 174 valence electrons. The molecule has 2 aromatic heterocycles. The van der Waals surface area contributed by atoms with Crippen LogP contribution in [-0.4, -0.2) is 64.7 Å². The van der Waals surface area contributed by atoms with Crippen molar-refractivity contribution in [3.63, 3.8) is 0 Å². The Morgan fingerprint density at radius 2 is 1.82 bits per heavy atom. The van der Waals surface area contributed by atoms with Gasteiger partial charge in [0.2, 0.25) is 5.95 Å². The zero-order valence-electron chi connectivity index (χ0n) is 18.7. The molecule has 1 aliphatic rings. The largest absolute Gasteiger partial charge is 0.351 e. The van der Waals surface area contributed by atoms with Crippen LogP contribution in [0.5, 0.6) is 0 Å². The first-order chi connectivity index (χ1) is 16.7. The van der Waals surface area contributed by atoms with Gasteiger partial charge in [0.15, 0.2) is 5.65 Å². The molecule has 0 unspecified atom stereocenters. The van der Waals surface area contributed by atoms with Gasteiger partial charge in [0.05, 0.1) is 5.69 Å². The molecular weight excluding hydrogens is 433 g/mol.